The fraction of sp³-hybridized carbons (Fsp3) is 0.500. The van der Waals surface area contributed by atoms with Crippen LogP contribution in [0.5, 0.6) is 0 Å². The molecule has 2 rings (SSSR count). The minimum absolute atomic E-state index is 0.00134. The zero-order valence-corrected chi connectivity index (χ0v) is 8.58. The molecule has 0 saturated heterocycles. The molecule has 0 spiro atoms. The molecule has 1 aromatic heterocycles. The molecule has 1 aromatic rings. The van der Waals surface area contributed by atoms with Crippen molar-refractivity contribution in [3.8, 4) is 0 Å². The molecule has 1 aliphatic heterocycles. The Labute approximate surface area is 93.9 Å². The maximum Gasteiger partial charge on any atom is 0.410 e. The molecule has 6 nitrogen and oxygen atoms in total. The highest BCUT2D eigenvalue weighted by Crippen LogP contribution is 2.37. The van der Waals surface area contributed by atoms with Gasteiger partial charge in [0.15, 0.2) is 6.04 Å². The van der Waals surface area contributed by atoms with E-state index in [1.165, 1.54) is 0 Å². The van der Waals surface area contributed by atoms with Gasteiger partial charge in [0.05, 0.1) is 6.20 Å². The number of nitrogens with zero attached hydrogens (tertiary/aromatic N) is 2. The zero-order chi connectivity index (χ0) is 12.6. The maximum absolute atomic E-state index is 12.7. The number of aromatic nitrogens is 2. The lowest BCUT2D eigenvalue weighted by Crippen LogP contribution is -2.35. The molecule has 17 heavy (non-hydrogen) atoms. The lowest BCUT2D eigenvalue weighted by molar-refractivity contribution is -0.171. The molecule has 0 bridgehead atoms. The number of carbonyl (C=O) groups excluding carboxylic acids is 1. The molecule has 9 heteroatoms. The summed E-state index contributed by atoms with van der Waals surface area (Å²) in [5.74, 6) is 4.29. The summed E-state index contributed by atoms with van der Waals surface area (Å²) in [5, 5.41) is 6.30. The second-order valence-electron chi connectivity index (χ2n) is 3.60. The first kappa shape index (κ1) is 11.7. The van der Waals surface area contributed by atoms with Crippen LogP contribution in [-0.4, -0.2) is 28.4 Å². The molecule has 0 radical (unpaired) electrons. The highest BCUT2D eigenvalue weighted by molar-refractivity contribution is 5.98. The number of rotatable bonds is 1. The smallest absolute Gasteiger partial charge is 0.370 e. The number of carbonyl (C=O) groups is 1. The summed E-state index contributed by atoms with van der Waals surface area (Å²) in [6.45, 7) is 0.126. The van der Waals surface area contributed by atoms with Gasteiger partial charge in [0.25, 0.3) is 5.91 Å². The van der Waals surface area contributed by atoms with Crippen LogP contribution in [0, 0.1) is 0 Å². The Morgan fingerprint density at radius 1 is 1.65 bits per heavy atom. The second kappa shape index (κ2) is 3.91. The average Bonchev–Trinajstić information content (AvgIpc) is 2.69. The number of alkyl halides is 3. The Hall–Kier alpha value is -1.77. The predicted octanol–water partition coefficient (Wildman–Crippen LogP) is 0.406. The third-order valence-corrected chi connectivity index (χ3v) is 2.55. The number of nitrogens with one attached hydrogen (secondary N) is 2. The third kappa shape index (κ3) is 1.93. The minimum atomic E-state index is -4.39. The SMILES string of the molecule is NNC(=O)c1cnn2c1NCCC2C(F)(F)F. The van der Waals surface area contributed by atoms with Crippen molar-refractivity contribution in [3.05, 3.63) is 11.8 Å². The summed E-state index contributed by atoms with van der Waals surface area (Å²) >= 11 is 0. The average molecular weight is 249 g/mol. The van der Waals surface area contributed by atoms with Crippen molar-refractivity contribution in [1.82, 2.24) is 15.2 Å². The van der Waals surface area contributed by atoms with Crippen LogP contribution in [-0.2, 0) is 0 Å². The minimum Gasteiger partial charge on any atom is -0.370 e. The van der Waals surface area contributed by atoms with E-state index in [1.54, 1.807) is 0 Å². The zero-order valence-electron chi connectivity index (χ0n) is 8.58. The van der Waals surface area contributed by atoms with E-state index in [4.69, 9.17) is 5.84 Å². The van der Waals surface area contributed by atoms with Crippen LogP contribution in [0.2, 0.25) is 0 Å². The number of hydrogen-bond acceptors (Lipinski definition) is 4. The molecular formula is C8H10F3N5O. The number of hydrogen-bond donors (Lipinski definition) is 3. The van der Waals surface area contributed by atoms with Gasteiger partial charge in [-0.25, -0.2) is 10.5 Å². The first-order valence-electron chi connectivity index (χ1n) is 4.84. The number of nitrogen functional groups attached to an aromatic ring is 1. The number of amides is 1. The number of hydrazine groups is 1. The van der Waals surface area contributed by atoms with Crippen molar-refractivity contribution >= 4 is 11.7 Å². The first-order chi connectivity index (χ1) is 7.95. The summed E-state index contributed by atoms with van der Waals surface area (Å²) in [6.07, 6.45) is -3.45. The molecule has 0 saturated carbocycles. The maximum atomic E-state index is 12.7. The van der Waals surface area contributed by atoms with E-state index < -0.39 is 18.1 Å². The van der Waals surface area contributed by atoms with E-state index in [9.17, 15) is 18.0 Å². The molecular weight excluding hydrogens is 239 g/mol. The fourth-order valence-electron chi connectivity index (χ4n) is 1.77. The molecule has 94 valence electrons. The van der Waals surface area contributed by atoms with Gasteiger partial charge in [-0.05, 0) is 6.42 Å². The number of anilines is 1. The van der Waals surface area contributed by atoms with Gasteiger partial charge in [-0.15, -0.1) is 0 Å². The van der Waals surface area contributed by atoms with E-state index in [2.05, 4.69) is 10.4 Å². The van der Waals surface area contributed by atoms with Crippen LogP contribution in [0.1, 0.15) is 22.8 Å². The Bertz CT molecular complexity index is 441. The summed E-state index contributed by atoms with van der Waals surface area (Å²) in [6, 6.07) is -1.71. The third-order valence-electron chi connectivity index (χ3n) is 2.55. The van der Waals surface area contributed by atoms with Crippen molar-refractivity contribution in [1.29, 1.82) is 0 Å². The monoisotopic (exact) mass is 249 g/mol. The molecule has 1 amide bonds. The molecule has 0 fully saturated rings. The molecule has 1 atom stereocenters. The van der Waals surface area contributed by atoms with Crippen LogP contribution < -0.4 is 16.6 Å². The highest BCUT2D eigenvalue weighted by Gasteiger charge is 2.44. The van der Waals surface area contributed by atoms with E-state index in [1.807, 2.05) is 5.43 Å². The molecule has 0 aromatic carbocycles. The lowest BCUT2D eigenvalue weighted by atomic mass is 10.1. The normalized spacial score (nSPS) is 19.4. The van der Waals surface area contributed by atoms with E-state index >= 15 is 0 Å². The van der Waals surface area contributed by atoms with Crippen molar-refractivity contribution < 1.29 is 18.0 Å². The Balaban J connectivity index is 2.42. The van der Waals surface area contributed by atoms with Crippen molar-refractivity contribution in [2.45, 2.75) is 18.6 Å². The van der Waals surface area contributed by atoms with Crippen LogP contribution in [0.3, 0.4) is 0 Å². The van der Waals surface area contributed by atoms with Gasteiger partial charge in [-0.3, -0.25) is 10.2 Å². The standard InChI is InChI=1S/C8H10F3N5O/c9-8(10,11)5-1-2-13-6-4(7(17)15-12)3-14-16(5)6/h3,5,13H,1-2,12H2,(H,15,17). The van der Waals surface area contributed by atoms with Crippen LogP contribution in [0.4, 0.5) is 19.0 Å². The summed E-state index contributed by atoms with van der Waals surface area (Å²) < 4.78 is 38.9. The molecule has 1 aliphatic rings. The molecule has 0 aliphatic carbocycles. The van der Waals surface area contributed by atoms with E-state index in [0.717, 1.165) is 10.9 Å². The number of nitrogens with two attached hydrogens (primary N) is 1. The predicted molar refractivity (Wildman–Crippen MR) is 52.1 cm³/mol. The van der Waals surface area contributed by atoms with Crippen molar-refractivity contribution in [2.24, 2.45) is 5.84 Å². The van der Waals surface area contributed by atoms with Gasteiger partial charge in [0.1, 0.15) is 11.4 Å². The number of fused-ring (bicyclic) bond motifs is 1. The van der Waals surface area contributed by atoms with E-state index in [-0.39, 0.29) is 24.3 Å². The van der Waals surface area contributed by atoms with Gasteiger partial charge in [-0.1, -0.05) is 0 Å². The topological polar surface area (TPSA) is 85.0 Å². The van der Waals surface area contributed by atoms with Crippen molar-refractivity contribution in [3.63, 3.8) is 0 Å². The fourth-order valence-corrected chi connectivity index (χ4v) is 1.77. The lowest BCUT2D eigenvalue weighted by Gasteiger charge is -2.27. The molecule has 1 unspecified atom stereocenters. The van der Waals surface area contributed by atoms with Gasteiger partial charge >= 0.3 is 6.18 Å². The quantitative estimate of drug-likeness (QED) is 0.382. The summed E-state index contributed by atoms with van der Waals surface area (Å²) in [4.78, 5) is 11.3. The number of halogens is 3. The Morgan fingerprint density at radius 2 is 2.35 bits per heavy atom. The van der Waals surface area contributed by atoms with Gasteiger partial charge in [-0.2, -0.15) is 18.3 Å². The van der Waals surface area contributed by atoms with Gasteiger partial charge in [0.2, 0.25) is 0 Å². The molecule has 2 heterocycles. The van der Waals surface area contributed by atoms with Crippen LogP contribution in [0.25, 0.3) is 0 Å². The van der Waals surface area contributed by atoms with Crippen LogP contribution in [0.15, 0.2) is 6.20 Å². The largest absolute Gasteiger partial charge is 0.410 e. The Morgan fingerprint density at radius 3 is 2.94 bits per heavy atom. The Kier molecular flexibility index (Phi) is 2.69. The summed E-state index contributed by atoms with van der Waals surface area (Å²) in [7, 11) is 0. The second-order valence-corrected chi connectivity index (χ2v) is 3.60. The first-order valence-corrected chi connectivity index (χ1v) is 4.84. The van der Waals surface area contributed by atoms with E-state index in [0.29, 0.717) is 0 Å². The summed E-state index contributed by atoms with van der Waals surface area (Å²) in [5.41, 5.74) is 1.86. The molecule has 4 N–H and O–H groups in total. The van der Waals surface area contributed by atoms with Crippen molar-refractivity contribution in [2.75, 3.05) is 11.9 Å². The van der Waals surface area contributed by atoms with Crippen LogP contribution >= 0.6 is 0 Å². The highest BCUT2D eigenvalue weighted by atomic mass is 19.4. The van der Waals surface area contributed by atoms with Gasteiger partial charge in [0, 0.05) is 6.54 Å². The van der Waals surface area contributed by atoms with Gasteiger partial charge < -0.3 is 5.32 Å².